The van der Waals surface area contributed by atoms with Crippen LogP contribution in [0.15, 0.2) is 36.4 Å². The van der Waals surface area contributed by atoms with E-state index in [0.717, 1.165) is 11.1 Å². The van der Waals surface area contributed by atoms with E-state index < -0.39 is 0 Å². The summed E-state index contributed by atoms with van der Waals surface area (Å²) in [4.78, 5) is 12.8. The third-order valence-electron chi connectivity index (χ3n) is 4.26. The second kappa shape index (κ2) is 7.25. The zero-order chi connectivity index (χ0) is 17.9. The maximum Gasteiger partial charge on any atom is 0.160 e. The molecule has 2 aromatic rings. The highest BCUT2D eigenvalue weighted by atomic mass is 16.5. The van der Waals surface area contributed by atoms with Gasteiger partial charge < -0.3 is 19.7 Å². The highest BCUT2D eigenvalue weighted by Crippen LogP contribution is 2.34. The molecule has 2 aromatic carbocycles. The lowest BCUT2D eigenvalue weighted by Gasteiger charge is -2.18. The fourth-order valence-electron chi connectivity index (χ4n) is 2.63. The highest BCUT2D eigenvalue weighted by Gasteiger charge is 2.24. The van der Waals surface area contributed by atoms with Crippen LogP contribution in [0.5, 0.6) is 23.0 Å². The van der Waals surface area contributed by atoms with Crippen LogP contribution < -0.4 is 9.47 Å². The van der Waals surface area contributed by atoms with Gasteiger partial charge in [-0.1, -0.05) is 26.0 Å². The number of ether oxygens (including phenoxy) is 2. The minimum absolute atomic E-state index is 0.0236. The van der Waals surface area contributed by atoms with Crippen molar-refractivity contribution in [2.45, 2.75) is 25.7 Å². The molecule has 0 aromatic heterocycles. The Morgan fingerprint density at radius 1 is 0.833 bits per heavy atom. The Bertz CT molecular complexity index is 677. The number of phenolic OH excluding ortho intramolecular Hbond substituents is 2. The SMILES string of the molecule is COc1cc(C(C)C(=O)C(C)c2ccc(O)c(OC)c2)ccc1O. The van der Waals surface area contributed by atoms with Gasteiger partial charge in [-0.15, -0.1) is 0 Å². The summed E-state index contributed by atoms with van der Waals surface area (Å²) in [6, 6.07) is 9.80. The Morgan fingerprint density at radius 3 is 1.54 bits per heavy atom. The van der Waals surface area contributed by atoms with Crippen LogP contribution in [0.2, 0.25) is 0 Å². The molecule has 2 rings (SSSR count). The molecule has 0 radical (unpaired) electrons. The van der Waals surface area contributed by atoms with Gasteiger partial charge in [-0.3, -0.25) is 4.79 Å². The Labute approximate surface area is 141 Å². The molecule has 0 saturated heterocycles. The van der Waals surface area contributed by atoms with Crippen LogP contribution >= 0.6 is 0 Å². The number of benzene rings is 2. The van der Waals surface area contributed by atoms with Crippen molar-refractivity contribution in [1.82, 2.24) is 0 Å². The Hall–Kier alpha value is -2.69. The molecule has 2 atom stereocenters. The quantitative estimate of drug-likeness (QED) is 0.846. The van der Waals surface area contributed by atoms with Gasteiger partial charge >= 0.3 is 0 Å². The fraction of sp³-hybridized carbons (Fsp3) is 0.316. The van der Waals surface area contributed by atoms with E-state index in [1.807, 2.05) is 13.8 Å². The number of ketones is 1. The van der Waals surface area contributed by atoms with Crippen molar-refractivity contribution >= 4 is 5.78 Å². The summed E-state index contributed by atoms with van der Waals surface area (Å²) in [5.41, 5.74) is 1.54. The van der Waals surface area contributed by atoms with Crippen molar-refractivity contribution in [3.63, 3.8) is 0 Å². The predicted molar refractivity (Wildman–Crippen MR) is 91.2 cm³/mol. The summed E-state index contributed by atoms with van der Waals surface area (Å²) < 4.78 is 10.2. The maximum absolute atomic E-state index is 12.8. The average molecular weight is 330 g/mol. The molecule has 0 heterocycles. The highest BCUT2D eigenvalue weighted by molar-refractivity contribution is 5.91. The number of carbonyl (C=O) groups excluding carboxylic acids is 1. The standard InChI is InChI=1S/C19H22O5/c1-11(13-5-7-15(20)17(9-13)23-3)19(22)12(2)14-6-8-16(21)18(10-14)24-4/h5-12,20-21H,1-4H3. The van der Waals surface area contributed by atoms with E-state index in [4.69, 9.17) is 9.47 Å². The number of Topliss-reactive ketones (excluding diaryl/α,β-unsaturated/α-hetero) is 1. The first kappa shape index (κ1) is 17.7. The first-order valence-corrected chi connectivity index (χ1v) is 7.66. The number of hydrogen-bond donors (Lipinski definition) is 2. The van der Waals surface area contributed by atoms with E-state index in [2.05, 4.69) is 0 Å². The van der Waals surface area contributed by atoms with E-state index in [1.165, 1.54) is 26.4 Å². The van der Waals surface area contributed by atoms with Crippen LogP contribution in [0.3, 0.4) is 0 Å². The van der Waals surface area contributed by atoms with E-state index in [9.17, 15) is 15.0 Å². The largest absolute Gasteiger partial charge is 0.504 e. The van der Waals surface area contributed by atoms with Gasteiger partial charge in [0.1, 0.15) is 5.78 Å². The van der Waals surface area contributed by atoms with Gasteiger partial charge in [-0.2, -0.15) is 0 Å². The number of methoxy groups -OCH3 is 2. The van der Waals surface area contributed by atoms with Gasteiger partial charge in [-0.05, 0) is 35.4 Å². The molecular formula is C19H22O5. The molecule has 0 amide bonds. The molecular weight excluding hydrogens is 308 g/mol. The van der Waals surface area contributed by atoms with E-state index in [-0.39, 0.29) is 29.1 Å². The minimum Gasteiger partial charge on any atom is -0.504 e. The molecule has 0 aliphatic rings. The average Bonchev–Trinajstić information content (AvgIpc) is 2.60. The van der Waals surface area contributed by atoms with Gasteiger partial charge in [-0.25, -0.2) is 0 Å². The Balaban J connectivity index is 2.27. The van der Waals surface area contributed by atoms with Crippen molar-refractivity contribution in [3.05, 3.63) is 47.5 Å². The van der Waals surface area contributed by atoms with Crippen molar-refractivity contribution in [2.75, 3.05) is 14.2 Å². The zero-order valence-electron chi connectivity index (χ0n) is 14.2. The third kappa shape index (κ3) is 3.45. The second-order valence-electron chi connectivity index (χ2n) is 5.71. The number of hydrogen-bond acceptors (Lipinski definition) is 5. The van der Waals surface area contributed by atoms with Crippen molar-refractivity contribution < 1.29 is 24.5 Å². The summed E-state index contributed by atoms with van der Waals surface area (Å²) in [6.45, 7) is 3.64. The second-order valence-corrected chi connectivity index (χ2v) is 5.71. The summed E-state index contributed by atoms with van der Waals surface area (Å²) in [5.74, 6) is 0.0470. The topological polar surface area (TPSA) is 76.0 Å². The number of carbonyl (C=O) groups is 1. The molecule has 0 spiro atoms. The zero-order valence-corrected chi connectivity index (χ0v) is 14.2. The summed E-state index contributed by atoms with van der Waals surface area (Å²) in [6.07, 6.45) is 0. The molecule has 2 N–H and O–H groups in total. The van der Waals surface area contributed by atoms with Crippen LogP contribution in [0.1, 0.15) is 36.8 Å². The van der Waals surface area contributed by atoms with Gasteiger partial charge in [0.15, 0.2) is 23.0 Å². The van der Waals surface area contributed by atoms with Gasteiger partial charge in [0, 0.05) is 11.8 Å². The maximum atomic E-state index is 12.8. The van der Waals surface area contributed by atoms with Crippen molar-refractivity contribution in [3.8, 4) is 23.0 Å². The summed E-state index contributed by atoms with van der Waals surface area (Å²) in [5, 5.41) is 19.4. The molecule has 0 bridgehead atoms. The van der Waals surface area contributed by atoms with Crippen LogP contribution in [-0.2, 0) is 4.79 Å². The number of phenols is 2. The van der Waals surface area contributed by atoms with Crippen LogP contribution in [0.4, 0.5) is 0 Å². The Morgan fingerprint density at radius 2 is 1.21 bits per heavy atom. The molecule has 0 aliphatic heterocycles. The minimum atomic E-state index is -0.366. The lowest BCUT2D eigenvalue weighted by molar-refractivity contribution is -0.121. The predicted octanol–water partition coefficient (Wildman–Crippen LogP) is 3.59. The molecule has 24 heavy (non-hydrogen) atoms. The summed E-state index contributed by atoms with van der Waals surface area (Å²) >= 11 is 0. The van der Waals surface area contributed by atoms with Gasteiger partial charge in [0.05, 0.1) is 14.2 Å². The van der Waals surface area contributed by atoms with Crippen molar-refractivity contribution in [2.24, 2.45) is 0 Å². The van der Waals surface area contributed by atoms with E-state index >= 15 is 0 Å². The van der Waals surface area contributed by atoms with Crippen molar-refractivity contribution in [1.29, 1.82) is 0 Å². The molecule has 0 saturated carbocycles. The summed E-state index contributed by atoms with van der Waals surface area (Å²) in [7, 11) is 2.94. The lowest BCUT2D eigenvalue weighted by Crippen LogP contribution is -2.16. The first-order chi connectivity index (χ1) is 11.4. The first-order valence-electron chi connectivity index (χ1n) is 7.66. The van der Waals surface area contributed by atoms with Crippen LogP contribution in [0, 0.1) is 0 Å². The third-order valence-corrected chi connectivity index (χ3v) is 4.26. The van der Waals surface area contributed by atoms with E-state index in [0.29, 0.717) is 11.5 Å². The lowest BCUT2D eigenvalue weighted by atomic mass is 9.85. The van der Waals surface area contributed by atoms with Gasteiger partial charge in [0.25, 0.3) is 0 Å². The molecule has 5 nitrogen and oxygen atoms in total. The Kier molecular flexibility index (Phi) is 5.34. The molecule has 0 fully saturated rings. The monoisotopic (exact) mass is 330 g/mol. The number of rotatable bonds is 6. The van der Waals surface area contributed by atoms with E-state index in [1.54, 1.807) is 24.3 Å². The van der Waals surface area contributed by atoms with Crippen LogP contribution in [0.25, 0.3) is 0 Å². The molecule has 2 unspecified atom stereocenters. The van der Waals surface area contributed by atoms with Crippen LogP contribution in [-0.4, -0.2) is 30.2 Å². The normalized spacial score (nSPS) is 13.2. The molecule has 5 heteroatoms. The smallest absolute Gasteiger partial charge is 0.160 e. The molecule has 0 aliphatic carbocycles. The molecule has 128 valence electrons. The van der Waals surface area contributed by atoms with Gasteiger partial charge in [0.2, 0.25) is 0 Å². The fourth-order valence-corrected chi connectivity index (χ4v) is 2.63. The number of aromatic hydroxyl groups is 2.